The predicted molar refractivity (Wildman–Crippen MR) is 134 cm³/mol. The van der Waals surface area contributed by atoms with Crippen LogP contribution in [0.3, 0.4) is 0 Å². The summed E-state index contributed by atoms with van der Waals surface area (Å²) in [5.41, 5.74) is 0. The number of hydrogen-bond acceptors (Lipinski definition) is 4. The molecule has 6 nitrogen and oxygen atoms in total. The van der Waals surface area contributed by atoms with E-state index in [2.05, 4.69) is 46.5 Å². The van der Waals surface area contributed by atoms with Crippen LogP contribution in [0.15, 0.2) is 0 Å². The number of rotatable bonds is 0. The zero-order valence-electron chi connectivity index (χ0n) is 19.0. The first-order valence-corrected chi connectivity index (χ1v) is 12.2. The van der Waals surface area contributed by atoms with Gasteiger partial charge in [-0.05, 0) is 0 Å². The van der Waals surface area contributed by atoms with Crippen LogP contribution in [0.4, 0.5) is 0 Å². The van der Waals surface area contributed by atoms with Gasteiger partial charge in [0, 0.05) is 16.5 Å². The molecule has 4 heterocycles. The average molecular weight is 511 g/mol. The van der Waals surface area contributed by atoms with Crippen LogP contribution < -0.4 is 0 Å². The Labute approximate surface area is 213 Å². The number of piperidine rings is 4. The maximum atomic E-state index is 7.13. The van der Waals surface area contributed by atoms with Crippen molar-refractivity contribution in [1.29, 1.82) is 10.5 Å². The minimum absolute atomic E-state index is 0. The van der Waals surface area contributed by atoms with Crippen LogP contribution in [0.25, 0.3) is 21.3 Å². The molecule has 0 spiro atoms. The van der Waals surface area contributed by atoms with E-state index in [-0.39, 0.29) is 16.5 Å². The molecule has 4 aliphatic rings. The topological polar surface area (TPSA) is 104 Å². The minimum Gasteiger partial charge on any atom is -0.696 e. The van der Waals surface area contributed by atoms with Crippen LogP contribution in [0.2, 0.25) is 0 Å². The quantitative estimate of drug-likeness (QED) is 0.219. The van der Waals surface area contributed by atoms with Crippen LogP contribution in [0, 0.1) is 21.3 Å². The van der Waals surface area contributed by atoms with Gasteiger partial charge < -0.3 is 46.5 Å². The monoisotopic (exact) mass is 510 g/mol. The van der Waals surface area contributed by atoms with Crippen molar-refractivity contribution in [2.45, 2.75) is 77.0 Å². The fraction of sp³-hybridized carbons (Fsp3) is 0.909. The van der Waals surface area contributed by atoms with Gasteiger partial charge >= 0.3 is 0 Å². The van der Waals surface area contributed by atoms with Crippen molar-refractivity contribution in [2.75, 3.05) is 52.4 Å². The van der Waals surface area contributed by atoms with Crippen molar-refractivity contribution in [1.82, 2.24) is 0 Å². The molecule has 0 aliphatic carbocycles. The van der Waals surface area contributed by atoms with Crippen LogP contribution in [-0.2, 0) is 41.7 Å². The number of hydrogen-bond donors (Lipinski definition) is 0. The van der Waals surface area contributed by atoms with E-state index >= 15 is 0 Å². The first kappa shape index (κ1) is 35.3. The van der Waals surface area contributed by atoms with E-state index in [9.17, 15) is 0 Å². The van der Waals surface area contributed by atoms with Crippen molar-refractivity contribution < 1.29 is 16.5 Å². The predicted octanol–water partition coefficient (Wildman–Crippen LogP) is 6.20. The van der Waals surface area contributed by atoms with E-state index < -0.39 is 0 Å². The molecule has 0 amide bonds. The maximum Gasteiger partial charge on any atom is 0 e. The second kappa shape index (κ2) is 37.1. The molecule has 0 radical (unpaired) electrons. The smallest absolute Gasteiger partial charge is 0 e. The molecule has 4 aliphatic heterocycles. The minimum atomic E-state index is 0. The van der Waals surface area contributed by atoms with Crippen molar-refractivity contribution in [3.05, 3.63) is 21.3 Å². The Morgan fingerprint density at radius 1 is 0.387 bits per heavy atom. The van der Waals surface area contributed by atoms with Gasteiger partial charge in [0.1, 0.15) is 0 Å². The van der Waals surface area contributed by atoms with E-state index in [1.165, 1.54) is 87.9 Å². The average Bonchev–Trinajstić information content (AvgIpc) is 2.86. The Morgan fingerprint density at radius 2 is 0.516 bits per heavy atom. The van der Waals surface area contributed by atoms with E-state index in [0.29, 0.717) is 0 Å². The molecule has 31 heavy (non-hydrogen) atoms. The molecule has 4 saturated heterocycles. The van der Waals surface area contributed by atoms with Gasteiger partial charge in [0.2, 0.25) is 0 Å². The van der Waals surface area contributed by atoms with Gasteiger partial charge in [-0.2, -0.15) is 0 Å². The van der Waals surface area contributed by atoms with Crippen molar-refractivity contribution >= 4 is 25.3 Å². The van der Waals surface area contributed by atoms with E-state index in [4.69, 9.17) is 10.5 Å². The molecule has 0 bridgehead atoms. The molecular formula is C22H40N6NiS2-6. The van der Waals surface area contributed by atoms with Gasteiger partial charge in [-0.1, -0.05) is 87.9 Å². The number of nitrogens with zero attached hydrogens (tertiary/aromatic N) is 6. The number of nitriles is 2. The maximum absolute atomic E-state index is 7.13. The summed E-state index contributed by atoms with van der Waals surface area (Å²) in [5, 5.41) is 33.6. The van der Waals surface area contributed by atoms with E-state index in [1.807, 2.05) is 0 Å². The molecule has 0 N–H and O–H groups in total. The Kier molecular flexibility index (Phi) is 42.3. The summed E-state index contributed by atoms with van der Waals surface area (Å²) in [7, 11) is 0. The van der Waals surface area contributed by atoms with Gasteiger partial charge in [0.05, 0.1) is 0 Å². The normalized spacial score (nSPS) is 19.0. The fourth-order valence-electron chi connectivity index (χ4n) is 2.94. The molecule has 186 valence electrons. The molecule has 0 saturated carbocycles. The van der Waals surface area contributed by atoms with Crippen LogP contribution in [0.5, 0.6) is 0 Å². The third-order valence-electron chi connectivity index (χ3n) is 4.53. The third-order valence-corrected chi connectivity index (χ3v) is 4.53. The van der Waals surface area contributed by atoms with Gasteiger partial charge in [0.25, 0.3) is 0 Å². The second-order valence-electron chi connectivity index (χ2n) is 7.11. The van der Waals surface area contributed by atoms with Crippen LogP contribution >= 0.6 is 0 Å². The molecule has 4 fully saturated rings. The molecule has 0 aromatic rings. The summed E-state index contributed by atoms with van der Waals surface area (Å²) in [6, 6.07) is 0. The summed E-state index contributed by atoms with van der Waals surface area (Å²) in [6.07, 6.45) is 16.3. The van der Waals surface area contributed by atoms with Crippen molar-refractivity contribution in [3.8, 4) is 10.8 Å². The molecule has 4 rings (SSSR count). The fourth-order valence-corrected chi connectivity index (χ4v) is 2.94. The van der Waals surface area contributed by atoms with Gasteiger partial charge in [-0.3, -0.25) is 0 Å². The van der Waals surface area contributed by atoms with E-state index in [0.717, 1.165) is 52.4 Å². The zero-order chi connectivity index (χ0) is 22.4. The Bertz CT molecular complexity index is 269. The molecule has 0 atom stereocenters. The molecular weight excluding hydrogens is 471 g/mol. The zero-order valence-corrected chi connectivity index (χ0v) is 21.6. The van der Waals surface area contributed by atoms with Gasteiger partial charge in [-0.15, -0.1) is 52.4 Å². The summed E-state index contributed by atoms with van der Waals surface area (Å²) < 4.78 is 0. The Hall–Kier alpha value is -0.246. The summed E-state index contributed by atoms with van der Waals surface area (Å²) in [6.45, 7) is 9.00. The summed E-state index contributed by atoms with van der Waals surface area (Å²) >= 11 is 7.40. The molecule has 0 unspecified atom stereocenters. The van der Waals surface area contributed by atoms with E-state index in [1.54, 1.807) is 0 Å². The van der Waals surface area contributed by atoms with Gasteiger partial charge in [0.15, 0.2) is 0 Å². The van der Waals surface area contributed by atoms with Crippen molar-refractivity contribution in [3.63, 3.8) is 0 Å². The van der Waals surface area contributed by atoms with Crippen LogP contribution in [-0.4, -0.2) is 52.4 Å². The first-order chi connectivity index (χ1) is 14.8. The van der Waals surface area contributed by atoms with Crippen LogP contribution in [0.1, 0.15) is 77.0 Å². The second-order valence-corrected chi connectivity index (χ2v) is 7.47. The number of thiocyanates is 2. The van der Waals surface area contributed by atoms with Crippen molar-refractivity contribution in [2.24, 2.45) is 0 Å². The third kappa shape index (κ3) is 40.6. The molecule has 0 aromatic carbocycles. The molecule has 0 aromatic heterocycles. The summed E-state index contributed by atoms with van der Waals surface area (Å²) in [4.78, 5) is 0. The first-order valence-electron chi connectivity index (χ1n) is 11.4. The Morgan fingerprint density at radius 3 is 0.548 bits per heavy atom. The summed E-state index contributed by atoms with van der Waals surface area (Å²) in [5.74, 6) is 0. The SMILES string of the molecule is C1CC[N-]CC1.C1CC[N-]CC1.C1CC[N-]CC1.C1CC[N-]CC1.N#C[S-].N#C[S-].[Ni]. The largest absolute Gasteiger partial charge is 0.696 e. The Balaban J connectivity index is -0.000000309. The molecule has 9 heteroatoms. The van der Waals surface area contributed by atoms with Gasteiger partial charge in [-0.25, -0.2) is 10.5 Å². The standard InChI is InChI=1S/4C5H10N.2CHNS.Ni/c4*1-2-4-6-5-3-1;2*2-1-3;/h4*1-5H2;2*3H;/q4*-1;;;/p-2.